The number of benzene rings is 2. The summed E-state index contributed by atoms with van der Waals surface area (Å²) in [6, 6.07) is 14.4. The first kappa shape index (κ1) is 17.8. The van der Waals surface area contributed by atoms with Gasteiger partial charge in [0.05, 0.1) is 7.11 Å². The molecule has 1 aromatic heterocycles. The number of hydrogen-bond acceptors (Lipinski definition) is 5. The van der Waals surface area contributed by atoms with E-state index in [0.717, 1.165) is 17.0 Å². The molecular formula is C19H18N2O4S. The molecule has 0 aliphatic carbocycles. The number of methoxy groups -OCH3 is 1. The average molecular weight is 370 g/mol. The Balaban J connectivity index is 1.64. The van der Waals surface area contributed by atoms with E-state index in [4.69, 9.17) is 9.47 Å². The summed E-state index contributed by atoms with van der Waals surface area (Å²) in [5.41, 5.74) is 1.40. The zero-order valence-corrected chi connectivity index (χ0v) is 15.2. The van der Waals surface area contributed by atoms with E-state index in [1.807, 2.05) is 24.3 Å². The number of thiazole rings is 1. The Hall–Kier alpha value is -3.06. The van der Waals surface area contributed by atoms with Gasteiger partial charge in [0.25, 0.3) is 0 Å². The second-order valence-corrected chi connectivity index (χ2v) is 6.38. The van der Waals surface area contributed by atoms with Crippen molar-refractivity contribution in [3.05, 3.63) is 69.3 Å². The minimum Gasteiger partial charge on any atom is -0.493 e. The monoisotopic (exact) mass is 370 g/mol. The zero-order chi connectivity index (χ0) is 18.5. The van der Waals surface area contributed by atoms with Gasteiger partial charge in [-0.1, -0.05) is 23.5 Å². The molecule has 0 aliphatic rings. The molecule has 1 N–H and O–H groups in total. The Labute approximate surface area is 154 Å². The maximum absolute atomic E-state index is 12.1. The largest absolute Gasteiger partial charge is 0.493 e. The van der Waals surface area contributed by atoms with Gasteiger partial charge in [0.15, 0.2) is 11.5 Å². The third-order valence-electron chi connectivity index (χ3n) is 3.71. The van der Waals surface area contributed by atoms with Gasteiger partial charge in [-0.15, -0.1) is 0 Å². The fourth-order valence-corrected chi connectivity index (χ4v) is 3.11. The highest BCUT2D eigenvalue weighted by Crippen LogP contribution is 2.31. The number of para-hydroxylation sites is 2. The molecule has 1 amide bonds. The fourth-order valence-electron chi connectivity index (χ4n) is 2.38. The van der Waals surface area contributed by atoms with Crippen LogP contribution in [0, 0.1) is 6.92 Å². The van der Waals surface area contributed by atoms with E-state index in [2.05, 4.69) is 5.32 Å². The molecule has 26 heavy (non-hydrogen) atoms. The SMILES string of the molecule is COc1ccccc1Oc1ccc(NC(=O)Cn2c(C)csc2=O)cc1. The van der Waals surface area contributed by atoms with Gasteiger partial charge in [-0.3, -0.25) is 14.2 Å². The molecule has 7 heteroatoms. The van der Waals surface area contributed by atoms with Gasteiger partial charge in [-0.2, -0.15) is 0 Å². The van der Waals surface area contributed by atoms with Crippen molar-refractivity contribution in [2.45, 2.75) is 13.5 Å². The molecule has 0 bridgehead atoms. The molecule has 0 fully saturated rings. The van der Waals surface area contributed by atoms with Crippen LogP contribution in [0.2, 0.25) is 0 Å². The van der Waals surface area contributed by atoms with Crippen molar-refractivity contribution in [1.82, 2.24) is 4.57 Å². The molecule has 0 spiro atoms. The highest BCUT2D eigenvalue weighted by Gasteiger charge is 2.09. The number of nitrogens with one attached hydrogen (secondary N) is 1. The van der Waals surface area contributed by atoms with Crippen LogP contribution in [0.5, 0.6) is 17.2 Å². The summed E-state index contributed by atoms with van der Waals surface area (Å²) in [4.78, 5) is 23.7. The molecule has 3 aromatic rings. The lowest BCUT2D eigenvalue weighted by molar-refractivity contribution is -0.116. The molecule has 134 valence electrons. The highest BCUT2D eigenvalue weighted by atomic mass is 32.1. The molecule has 0 saturated heterocycles. The van der Waals surface area contributed by atoms with Crippen LogP contribution >= 0.6 is 11.3 Å². The quantitative estimate of drug-likeness (QED) is 0.719. The minimum absolute atomic E-state index is 0.00632. The van der Waals surface area contributed by atoms with Gasteiger partial charge in [0.1, 0.15) is 12.3 Å². The minimum atomic E-state index is -0.257. The van der Waals surface area contributed by atoms with Crippen molar-refractivity contribution >= 4 is 22.9 Å². The third kappa shape index (κ3) is 4.12. The standard InChI is InChI=1S/C19H18N2O4S/c1-13-12-26-19(23)21(13)11-18(22)20-14-7-9-15(10-8-14)25-17-6-4-3-5-16(17)24-2/h3-10,12H,11H2,1-2H3,(H,20,22). The van der Waals surface area contributed by atoms with E-state index < -0.39 is 0 Å². The van der Waals surface area contributed by atoms with Crippen LogP contribution in [0.15, 0.2) is 58.7 Å². The number of rotatable bonds is 6. The molecule has 0 radical (unpaired) electrons. The van der Waals surface area contributed by atoms with E-state index in [1.54, 1.807) is 43.7 Å². The summed E-state index contributed by atoms with van der Waals surface area (Å²) in [5.74, 6) is 1.62. The number of carbonyl (C=O) groups is 1. The molecular weight excluding hydrogens is 352 g/mol. The molecule has 6 nitrogen and oxygen atoms in total. The van der Waals surface area contributed by atoms with Crippen molar-refractivity contribution in [3.63, 3.8) is 0 Å². The molecule has 0 atom stereocenters. The fraction of sp³-hybridized carbons (Fsp3) is 0.158. The molecule has 1 heterocycles. The highest BCUT2D eigenvalue weighted by molar-refractivity contribution is 7.07. The van der Waals surface area contributed by atoms with Gasteiger partial charge < -0.3 is 14.8 Å². The van der Waals surface area contributed by atoms with Crippen LogP contribution in [-0.2, 0) is 11.3 Å². The smallest absolute Gasteiger partial charge is 0.307 e. The first-order chi connectivity index (χ1) is 12.6. The Bertz CT molecular complexity index is 960. The maximum Gasteiger partial charge on any atom is 0.307 e. The van der Waals surface area contributed by atoms with Crippen LogP contribution in [0.25, 0.3) is 0 Å². The molecule has 0 saturated carbocycles. The molecule has 0 unspecified atom stereocenters. The topological polar surface area (TPSA) is 69.6 Å². The first-order valence-corrected chi connectivity index (χ1v) is 8.80. The van der Waals surface area contributed by atoms with E-state index in [1.165, 1.54) is 4.57 Å². The average Bonchev–Trinajstić information content (AvgIpc) is 2.96. The third-order valence-corrected chi connectivity index (χ3v) is 4.59. The molecule has 2 aromatic carbocycles. The summed E-state index contributed by atoms with van der Waals surface area (Å²) >= 11 is 1.09. The summed E-state index contributed by atoms with van der Waals surface area (Å²) < 4.78 is 12.5. The van der Waals surface area contributed by atoms with Gasteiger partial charge in [-0.05, 0) is 43.3 Å². The summed E-state index contributed by atoms with van der Waals surface area (Å²) in [6.45, 7) is 1.79. The van der Waals surface area contributed by atoms with Crippen LogP contribution in [0.4, 0.5) is 5.69 Å². The van der Waals surface area contributed by atoms with Crippen LogP contribution in [-0.4, -0.2) is 17.6 Å². The molecule has 3 rings (SSSR count). The number of amides is 1. The first-order valence-electron chi connectivity index (χ1n) is 7.92. The van der Waals surface area contributed by atoms with Gasteiger partial charge in [0.2, 0.25) is 5.91 Å². The van der Waals surface area contributed by atoms with E-state index in [9.17, 15) is 9.59 Å². The predicted molar refractivity (Wildman–Crippen MR) is 101 cm³/mol. The molecule has 0 aliphatic heterocycles. The Morgan fingerprint density at radius 3 is 2.42 bits per heavy atom. The van der Waals surface area contributed by atoms with Crippen molar-refractivity contribution in [2.75, 3.05) is 12.4 Å². The number of hydrogen-bond donors (Lipinski definition) is 1. The van der Waals surface area contributed by atoms with Crippen molar-refractivity contribution in [1.29, 1.82) is 0 Å². The van der Waals surface area contributed by atoms with Crippen molar-refractivity contribution in [3.8, 4) is 17.2 Å². The second-order valence-electron chi connectivity index (χ2n) is 5.55. The maximum atomic E-state index is 12.1. The van der Waals surface area contributed by atoms with Crippen LogP contribution in [0.1, 0.15) is 5.69 Å². The van der Waals surface area contributed by atoms with E-state index >= 15 is 0 Å². The number of nitrogens with zero attached hydrogens (tertiary/aromatic N) is 1. The number of carbonyl (C=O) groups excluding carboxylic acids is 1. The van der Waals surface area contributed by atoms with Crippen LogP contribution < -0.4 is 19.7 Å². The summed E-state index contributed by atoms with van der Waals surface area (Å²) in [6.07, 6.45) is 0. The number of ether oxygens (including phenoxy) is 2. The zero-order valence-electron chi connectivity index (χ0n) is 14.4. The number of aryl methyl sites for hydroxylation is 1. The van der Waals surface area contributed by atoms with Crippen molar-refractivity contribution in [2.24, 2.45) is 0 Å². The Morgan fingerprint density at radius 1 is 1.12 bits per heavy atom. The van der Waals surface area contributed by atoms with Crippen LogP contribution in [0.3, 0.4) is 0 Å². The van der Waals surface area contributed by atoms with Gasteiger partial charge in [0, 0.05) is 16.8 Å². The lowest BCUT2D eigenvalue weighted by Crippen LogP contribution is -2.25. The Morgan fingerprint density at radius 2 is 1.81 bits per heavy atom. The number of aromatic nitrogens is 1. The second kappa shape index (κ2) is 7.88. The summed E-state index contributed by atoms with van der Waals surface area (Å²) in [5, 5.41) is 4.51. The van der Waals surface area contributed by atoms with Gasteiger partial charge >= 0.3 is 4.87 Å². The van der Waals surface area contributed by atoms with Crippen molar-refractivity contribution < 1.29 is 14.3 Å². The van der Waals surface area contributed by atoms with E-state index in [-0.39, 0.29) is 17.3 Å². The normalized spacial score (nSPS) is 10.4. The predicted octanol–water partition coefficient (Wildman–Crippen LogP) is 3.66. The lowest BCUT2D eigenvalue weighted by atomic mass is 10.3. The van der Waals surface area contributed by atoms with Gasteiger partial charge in [-0.25, -0.2) is 0 Å². The van der Waals surface area contributed by atoms with E-state index in [0.29, 0.717) is 22.9 Å². The number of anilines is 1. The Kier molecular flexibility index (Phi) is 5.38. The lowest BCUT2D eigenvalue weighted by Gasteiger charge is -2.11. The summed E-state index contributed by atoms with van der Waals surface area (Å²) in [7, 11) is 1.58.